The first-order valence-electron chi connectivity index (χ1n) is 8.55. The zero-order chi connectivity index (χ0) is 17.8. The van der Waals surface area contributed by atoms with Gasteiger partial charge in [-0.05, 0) is 19.8 Å². The molecule has 0 aliphatic rings. The van der Waals surface area contributed by atoms with Crippen molar-refractivity contribution in [3.8, 4) is 0 Å². The van der Waals surface area contributed by atoms with Gasteiger partial charge >= 0.3 is 0 Å². The van der Waals surface area contributed by atoms with Gasteiger partial charge in [0.05, 0.1) is 12.2 Å². The summed E-state index contributed by atoms with van der Waals surface area (Å²) >= 11 is 0. The molecule has 2 atom stereocenters. The molecule has 3 nitrogen and oxygen atoms in total. The molecular weight excluding hydrogens is 300 g/mol. The van der Waals surface area contributed by atoms with Gasteiger partial charge in [0.2, 0.25) is 0 Å². The number of benzene rings is 2. The van der Waals surface area contributed by atoms with Crippen molar-refractivity contribution < 1.29 is 15.0 Å². The van der Waals surface area contributed by atoms with Crippen molar-refractivity contribution >= 4 is 5.78 Å². The highest BCUT2D eigenvalue weighted by Crippen LogP contribution is 2.08. The average Bonchev–Trinajstić information content (AvgIpc) is 2.61. The van der Waals surface area contributed by atoms with E-state index in [4.69, 9.17) is 5.11 Å². The van der Waals surface area contributed by atoms with Crippen LogP contribution in [0.2, 0.25) is 0 Å². The van der Waals surface area contributed by atoms with Crippen LogP contribution in [0.25, 0.3) is 0 Å². The van der Waals surface area contributed by atoms with Gasteiger partial charge in [0.15, 0.2) is 5.78 Å². The predicted molar refractivity (Wildman–Crippen MR) is 98.1 cm³/mol. The van der Waals surface area contributed by atoms with E-state index in [0.717, 1.165) is 30.4 Å². The lowest BCUT2D eigenvalue weighted by molar-refractivity contribution is 0.0837. The minimum Gasteiger partial charge on any atom is -0.393 e. The molecule has 0 saturated heterocycles. The molecule has 24 heavy (non-hydrogen) atoms. The van der Waals surface area contributed by atoms with Gasteiger partial charge in [0, 0.05) is 11.1 Å². The Morgan fingerprint density at radius 2 is 1.38 bits per heavy atom. The Balaban J connectivity index is 0.000000257. The number of aliphatic hydroxyl groups is 2. The molecule has 3 heteroatoms. The van der Waals surface area contributed by atoms with Gasteiger partial charge in [0.1, 0.15) is 0 Å². The van der Waals surface area contributed by atoms with Crippen molar-refractivity contribution in [1.29, 1.82) is 0 Å². The summed E-state index contributed by atoms with van der Waals surface area (Å²) in [6.45, 7) is 3.80. The summed E-state index contributed by atoms with van der Waals surface area (Å²) in [5.74, 6) is 0.0752. The van der Waals surface area contributed by atoms with Gasteiger partial charge in [-0.1, -0.05) is 80.4 Å². The molecule has 0 heterocycles. The monoisotopic (exact) mass is 328 g/mol. The minimum absolute atomic E-state index is 0.0752. The third-order valence-corrected chi connectivity index (χ3v) is 3.58. The van der Waals surface area contributed by atoms with Crippen LogP contribution in [0.15, 0.2) is 60.7 Å². The molecule has 0 aliphatic heterocycles. The smallest absolute Gasteiger partial charge is 0.193 e. The third-order valence-electron chi connectivity index (χ3n) is 3.58. The lowest BCUT2D eigenvalue weighted by Gasteiger charge is -2.10. The van der Waals surface area contributed by atoms with Crippen LogP contribution in [-0.4, -0.2) is 28.2 Å². The summed E-state index contributed by atoms with van der Waals surface area (Å²) in [5, 5.41) is 18.1. The number of carbonyl (C=O) groups is 1. The zero-order valence-electron chi connectivity index (χ0n) is 14.6. The maximum Gasteiger partial charge on any atom is 0.193 e. The predicted octanol–water partition coefficient (Wildman–Crippen LogP) is 4.23. The maximum absolute atomic E-state index is 11.8. The summed E-state index contributed by atoms with van der Waals surface area (Å²) in [6.07, 6.45) is 2.82. The van der Waals surface area contributed by atoms with Gasteiger partial charge < -0.3 is 10.2 Å². The van der Waals surface area contributed by atoms with Gasteiger partial charge in [0.25, 0.3) is 0 Å². The van der Waals surface area contributed by atoms with Crippen molar-refractivity contribution in [1.82, 2.24) is 0 Å². The SMILES string of the molecule is CCCCC(O)CC(C)O.O=C(c1ccccc1)c1ccccc1. The second-order valence-electron chi connectivity index (χ2n) is 5.94. The van der Waals surface area contributed by atoms with E-state index in [-0.39, 0.29) is 18.0 Å². The van der Waals surface area contributed by atoms with Crippen LogP contribution in [-0.2, 0) is 0 Å². The van der Waals surface area contributed by atoms with Crippen molar-refractivity contribution in [2.24, 2.45) is 0 Å². The van der Waals surface area contributed by atoms with Crippen LogP contribution in [0.3, 0.4) is 0 Å². The highest BCUT2D eigenvalue weighted by molar-refractivity contribution is 6.08. The minimum atomic E-state index is -0.369. The number of ketones is 1. The number of aliphatic hydroxyl groups excluding tert-OH is 2. The molecule has 0 saturated carbocycles. The van der Waals surface area contributed by atoms with Crippen LogP contribution in [0.5, 0.6) is 0 Å². The molecule has 0 radical (unpaired) electrons. The van der Waals surface area contributed by atoms with E-state index in [0.29, 0.717) is 6.42 Å². The van der Waals surface area contributed by atoms with E-state index >= 15 is 0 Å². The van der Waals surface area contributed by atoms with Crippen LogP contribution in [0, 0.1) is 0 Å². The Hall–Kier alpha value is -1.97. The highest BCUT2D eigenvalue weighted by Gasteiger charge is 2.06. The number of unbranched alkanes of at least 4 members (excludes halogenated alkanes) is 1. The van der Waals surface area contributed by atoms with Crippen molar-refractivity contribution in [2.45, 2.75) is 51.7 Å². The quantitative estimate of drug-likeness (QED) is 0.748. The van der Waals surface area contributed by atoms with E-state index in [2.05, 4.69) is 6.92 Å². The lowest BCUT2D eigenvalue weighted by Crippen LogP contribution is -2.14. The molecule has 0 spiro atoms. The standard InChI is InChI=1S/C13H10O.C8H18O2/c14-13(11-7-3-1-4-8-11)12-9-5-2-6-10-12;1-3-4-5-8(10)6-7(2)9/h1-10H;7-10H,3-6H2,1-2H3. The Labute approximate surface area is 145 Å². The van der Waals surface area contributed by atoms with E-state index in [1.54, 1.807) is 6.92 Å². The summed E-state index contributed by atoms with van der Waals surface area (Å²) in [7, 11) is 0. The fraction of sp³-hybridized carbons (Fsp3) is 0.381. The molecular formula is C21H28O3. The fourth-order valence-electron chi connectivity index (χ4n) is 2.30. The number of carbonyl (C=O) groups excluding carboxylic acids is 1. The molecule has 2 unspecified atom stereocenters. The topological polar surface area (TPSA) is 57.5 Å². The first-order valence-corrected chi connectivity index (χ1v) is 8.55. The summed E-state index contributed by atoms with van der Waals surface area (Å²) in [6, 6.07) is 18.6. The summed E-state index contributed by atoms with van der Waals surface area (Å²) < 4.78 is 0. The summed E-state index contributed by atoms with van der Waals surface area (Å²) in [5.41, 5.74) is 1.47. The second kappa shape index (κ2) is 11.5. The van der Waals surface area contributed by atoms with E-state index in [9.17, 15) is 9.90 Å². The highest BCUT2D eigenvalue weighted by atomic mass is 16.3. The van der Waals surface area contributed by atoms with Crippen LogP contribution in [0.1, 0.15) is 55.5 Å². The Kier molecular flexibility index (Phi) is 9.66. The summed E-state index contributed by atoms with van der Waals surface area (Å²) in [4.78, 5) is 11.8. The van der Waals surface area contributed by atoms with Gasteiger partial charge in [-0.3, -0.25) is 4.79 Å². The lowest BCUT2D eigenvalue weighted by atomic mass is 10.0. The Bertz CT molecular complexity index is 523. The average molecular weight is 328 g/mol. The van der Waals surface area contributed by atoms with Gasteiger partial charge in [-0.25, -0.2) is 0 Å². The molecule has 2 aromatic carbocycles. The molecule has 2 rings (SSSR count). The molecule has 2 aromatic rings. The van der Waals surface area contributed by atoms with Crippen molar-refractivity contribution in [3.63, 3.8) is 0 Å². The Morgan fingerprint density at radius 3 is 1.75 bits per heavy atom. The maximum atomic E-state index is 11.8. The number of hydrogen-bond acceptors (Lipinski definition) is 3. The van der Waals surface area contributed by atoms with Gasteiger partial charge in [-0.2, -0.15) is 0 Å². The normalized spacial score (nSPS) is 12.7. The first kappa shape index (κ1) is 20.1. The molecule has 2 N–H and O–H groups in total. The molecule has 0 aliphatic carbocycles. The number of rotatable bonds is 7. The van der Waals surface area contributed by atoms with E-state index in [1.807, 2.05) is 60.7 Å². The fourth-order valence-corrected chi connectivity index (χ4v) is 2.30. The van der Waals surface area contributed by atoms with Crippen molar-refractivity contribution in [2.75, 3.05) is 0 Å². The third kappa shape index (κ3) is 8.04. The van der Waals surface area contributed by atoms with Crippen molar-refractivity contribution in [3.05, 3.63) is 71.8 Å². The Morgan fingerprint density at radius 1 is 0.917 bits per heavy atom. The molecule has 0 aromatic heterocycles. The molecule has 0 bridgehead atoms. The first-order chi connectivity index (χ1) is 11.5. The second-order valence-corrected chi connectivity index (χ2v) is 5.94. The van der Waals surface area contributed by atoms with Crippen LogP contribution >= 0.6 is 0 Å². The van der Waals surface area contributed by atoms with Gasteiger partial charge in [-0.15, -0.1) is 0 Å². The number of hydrogen-bond donors (Lipinski definition) is 2. The molecule has 130 valence electrons. The zero-order valence-corrected chi connectivity index (χ0v) is 14.6. The largest absolute Gasteiger partial charge is 0.393 e. The van der Waals surface area contributed by atoms with Crippen LogP contribution < -0.4 is 0 Å². The molecule has 0 fully saturated rings. The van der Waals surface area contributed by atoms with E-state index < -0.39 is 0 Å². The molecule has 0 amide bonds. The van der Waals surface area contributed by atoms with Crippen LogP contribution in [0.4, 0.5) is 0 Å². The van der Waals surface area contributed by atoms with E-state index in [1.165, 1.54) is 0 Å².